The highest BCUT2D eigenvalue weighted by molar-refractivity contribution is 4.81. The Kier molecular flexibility index (Phi) is 6.66. The standard InChI is InChI=1S/C17H34N2/c1-14(13-17-11-7-4-8-12-18-17)19-15(2)16-9-5-3-6-10-16/h14-19H,3-13H2,1-2H3/t14?,15-,17?/m0/s1. The highest BCUT2D eigenvalue weighted by atomic mass is 15.0. The Balaban J connectivity index is 1.68. The second-order valence-electron chi connectivity index (χ2n) is 6.99. The van der Waals surface area contributed by atoms with Gasteiger partial charge < -0.3 is 10.6 Å². The van der Waals surface area contributed by atoms with E-state index in [0.717, 1.165) is 12.0 Å². The normalized spacial score (nSPS) is 29.7. The largest absolute Gasteiger partial charge is 0.314 e. The van der Waals surface area contributed by atoms with Crippen molar-refractivity contribution >= 4 is 0 Å². The Morgan fingerprint density at radius 2 is 1.63 bits per heavy atom. The molecule has 0 aromatic heterocycles. The van der Waals surface area contributed by atoms with Crippen LogP contribution in [0.4, 0.5) is 0 Å². The summed E-state index contributed by atoms with van der Waals surface area (Å²) in [5.74, 6) is 0.929. The van der Waals surface area contributed by atoms with Gasteiger partial charge in [-0.2, -0.15) is 0 Å². The van der Waals surface area contributed by atoms with Crippen molar-refractivity contribution in [2.45, 2.75) is 96.2 Å². The fraction of sp³-hybridized carbons (Fsp3) is 1.00. The van der Waals surface area contributed by atoms with Crippen LogP contribution in [0, 0.1) is 5.92 Å². The van der Waals surface area contributed by atoms with Crippen LogP contribution in [-0.2, 0) is 0 Å². The smallest absolute Gasteiger partial charge is 0.00817 e. The first-order valence-electron chi connectivity index (χ1n) is 8.75. The van der Waals surface area contributed by atoms with Gasteiger partial charge in [-0.1, -0.05) is 32.1 Å². The molecular weight excluding hydrogens is 232 g/mol. The maximum absolute atomic E-state index is 3.88. The van der Waals surface area contributed by atoms with Crippen molar-refractivity contribution < 1.29 is 0 Å². The summed E-state index contributed by atoms with van der Waals surface area (Å²) in [6, 6.07) is 2.12. The van der Waals surface area contributed by atoms with Gasteiger partial charge in [0.1, 0.15) is 0 Å². The van der Waals surface area contributed by atoms with E-state index in [9.17, 15) is 0 Å². The Morgan fingerprint density at radius 1 is 0.947 bits per heavy atom. The lowest BCUT2D eigenvalue weighted by atomic mass is 9.84. The second-order valence-corrected chi connectivity index (χ2v) is 6.99. The summed E-state index contributed by atoms with van der Waals surface area (Å²) in [6.45, 7) is 6.02. The van der Waals surface area contributed by atoms with E-state index in [1.165, 1.54) is 70.8 Å². The molecule has 0 spiro atoms. The van der Waals surface area contributed by atoms with Crippen molar-refractivity contribution in [3.63, 3.8) is 0 Å². The number of nitrogens with one attached hydrogen (secondary N) is 2. The van der Waals surface area contributed by atoms with Crippen molar-refractivity contribution in [1.82, 2.24) is 10.6 Å². The molecule has 2 unspecified atom stereocenters. The first kappa shape index (κ1) is 15.3. The average Bonchev–Trinajstić information content (AvgIpc) is 2.68. The summed E-state index contributed by atoms with van der Waals surface area (Å²) in [6.07, 6.45) is 14.2. The van der Waals surface area contributed by atoms with Gasteiger partial charge >= 0.3 is 0 Å². The summed E-state index contributed by atoms with van der Waals surface area (Å²) < 4.78 is 0. The van der Waals surface area contributed by atoms with Crippen LogP contribution in [-0.4, -0.2) is 24.7 Å². The minimum Gasteiger partial charge on any atom is -0.314 e. The first-order chi connectivity index (χ1) is 9.25. The summed E-state index contributed by atoms with van der Waals surface area (Å²) in [7, 11) is 0. The van der Waals surface area contributed by atoms with E-state index in [-0.39, 0.29) is 0 Å². The highest BCUT2D eigenvalue weighted by Crippen LogP contribution is 2.26. The summed E-state index contributed by atoms with van der Waals surface area (Å²) in [5, 5.41) is 7.60. The summed E-state index contributed by atoms with van der Waals surface area (Å²) in [4.78, 5) is 0. The molecule has 1 heterocycles. The molecule has 19 heavy (non-hydrogen) atoms. The van der Waals surface area contributed by atoms with E-state index in [2.05, 4.69) is 24.5 Å². The molecule has 0 amide bonds. The maximum Gasteiger partial charge on any atom is 0.00817 e. The molecular formula is C17H34N2. The van der Waals surface area contributed by atoms with Gasteiger partial charge in [-0.3, -0.25) is 0 Å². The molecule has 2 rings (SSSR count). The van der Waals surface area contributed by atoms with E-state index in [1.807, 2.05) is 0 Å². The monoisotopic (exact) mass is 266 g/mol. The van der Waals surface area contributed by atoms with Crippen molar-refractivity contribution in [1.29, 1.82) is 0 Å². The second kappa shape index (κ2) is 8.26. The van der Waals surface area contributed by atoms with Crippen molar-refractivity contribution in [2.75, 3.05) is 6.54 Å². The molecule has 1 aliphatic carbocycles. The Bertz CT molecular complexity index is 227. The molecule has 112 valence electrons. The fourth-order valence-electron chi connectivity index (χ4n) is 4.02. The average molecular weight is 266 g/mol. The van der Waals surface area contributed by atoms with Crippen LogP contribution < -0.4 is 10.6 Å². The third kappa shape index (κ3) is 5.43. The van der Waals surface area contributed by atoms with E-state index in [0.29, 0.717) is 12.1 Å². The van der Waals surface area contributed by atoms with Crippen molar-refractivity contribution in [2.24, 2.45) is 5.92 Å². The van der Waals surface area contributed by atoms with Gasteiger partial charge in [-0.15, -0.1) is 0 Å². The van der Waals surface area contributed by atoms with Crippen LogP contribution >= 0.6 is 0 Å². The van der Waals surface area contributed by atoms with Crippen LogP contribution in [0.1, 0.15) is 78.1 Å². The third-order valence-electron chi connectivity index (χ3n) is 5.20. The number of rotatable bonds is 5. The van der Waals surface area contributed by atoms with Gasteiger partial charge in [0.25, 0.3) is 0 Å². The minimum absolute atomic E-state index is 0.660. The van der Waals surface area contributed by atoms with Gasteiger partial charge in [0.15, 0.2) is 0 Å². The van der Waals surface area contributed by atoms with Gasteiger partial charge in [0.2, 0.25) is 0 Å². The molecule has 0 aromatic carbocycles. The van der Waals surface area contributed by atoms with Crippen LogP contribution in [0.15, 0.2) is 0 Å². The van der Waals surface area contributed by atoms with E-state index in [4.69, 9.17) is 0 Å². The van der Waals surface area contributed by atoms with E-state index in [1.54, 1.807) is 0 Å². The maximum atomic E-state index is 3.88. The lowest BCUT2D eigenvalue weighted by Gasteiger charge is -2.32. The Labute approximate surface area is 120 Å². The third-order valence-corrected chi connectivity index (χ3v) is 5.20. The molecule has 0 radical (unpaired) electrons. The van der Waals surface area contributed by atoms with Crippen LogP contribution in [0.25, 0.3) is 0 Å². The van der Waals surface area contributed by atoms with Crippen LogP contribution in [0.5, 0.6) is 0 Å². The lowest BCUT2D eigenvalue weighted by Crippen LogP contribution is -2.43. The van der Waals surface area contributed by atoms with Crippen LogP contribution in [0.2, 0.25) is 0 Å². The van der Waals surface area contributed by atoms with Gasteiger partial charge in [-0.25, -0.2) is 0 Å². The van der Waals surface area contributed by atoms with Gasteiger partial charge in [0.05, 0.1) is 0 Å². The zero-order valence-corrected chi connectivity index (χ0v) is 13.1. The first-order valence-corrected chi connectivity index (χ1v) is 8.75. The predicted octanol–water partition coefficient (Wildman–Crippen LogP) is 3.86. The van der Waals surface area contributed by atoms with E-state index >= 15 is 0 Å². The van der Waals surface area contributed by atoms with E-state index < -0.39 is 0 Å². The fourth-order valence-corrected chi connectivity index (χ4v) is 4.02. The number of hydrogen-bond donors (Lipinski definition) is 2. The minimum atomic E-state index is 0.660. The van der Waals surface area contributed by atoms with Crippen molar-refractivity contribution in [3.8, 4) is 0 Å². The van der Waals surface area contributed by atoms with Crippen LogP contribution in [0.3, 0.4) is 0 Å². The molecule has 1 saturated heterocycles. The van der Waals surface area contributed by atoms with Gasteiger partial charge in [0, 0.05) is 18.1 Å². The molecule has 1 aliphatic heterocycles. The molecule has 2 aliphatic rings. The summed E-state index contributed by atoms with van der Waals surface area (Å²) in [5.41, 5.74) is 0. The van der Waals surface area contributed by atoms with Crippen molar-refractivity contribution in [3.05, 3.63) is 0 Å². The topological polar surface area (TPSA) is 24.1 Å². The quantitative estimate of drug-likeness (QED) is 0.789. The molecule has 2 N–H and O–H groups in total. The summed E-state index contributed by atoms with van der Waals surface area (Å²) >= 11 is 0. The SMILES string of the molecule is CC(CC1CCCCCN1)N[C@@H](C)C1CCCCC1. The zero-order chi connectivity index (χ0) is 13.5. The molecule has 3 atom stereocenters. The molecule has 2 nitrogen and oxygen atoms in total. The Morgan fingerprint density at radius 3 is 2.42 bits per heavy atom. The van der Waals surface area contributed by atoms with Gasteiger partial charge in [-0.05, 0) is 58.4 Å². The molecule has 1 saturated carbocycles. The number of hydrogen-bond acceptors (Lipinski definition) is 2. The lowest BCUT2D eigenvalue weighted by molar-refractivity contribution is 0.257. The molecule has 0 aromatic rings. The Hall–Kier alpha value is -0.0800. The molecule has 2 heteroatoms. The molecule has 2 fully saturated rings. The highest BCUT2D eigenvalue weighted by Gasteiger charge is 2.22. The predicted molar refractivity (Wildman–Crippen MR) is 83.5 cm³/mol. The molecule has 0 bridgehead atoms. The zero-order valence-electron chi connectivity index (χ0n) is 13.1.